The van der Waals surface area contributed by atoms with Crippen LogP contribution in [0.5, 0.6) is 5.75 Å². The molecule has 8 rings (SSSR count). The summed E-state index contributed by atoms with van der Waals surface area (Å²) in [7, 11) is 0. The summed E-state index contributed by atoms with van der Waals surface area (Å²) in [4.78, 5) is 13.8. The maximum absolute atomic E-state index is 13.1. The van der Waals surface area contributed by atoms with Crippen LogP contribution in [0.2, 0.25) is 5.02 Å². The van der Waals surface area contributed by atoms with E-state index in [4.69, 9.17) is 26.0 Å². The van der Waals surface area contributed by atoms with Crippen LogP contribution in [0.25, 0.3) is 28.3 Å². The van der Waals surface area contributed by atoms with Crippen molar-refractivity contribution in [3.8, 4) is 17.1 Å². The van der Waals surface area contributed by atoms with E-state index < -0.39 is 5.85 Å². The molecule has 1 amide bonds. The molecule has 206 valence electrons. The van der Waals surface area contributed by atoms with Crippen LogP contribution in [0.3, 0.4) is 0 Å². The van der Waals surface area contributed by atoms with Gasteiger partial charge in [0.2, 0.25) is 0 Å². The number of hydrogen-bond acceptors (Lipinski definition) is 7. The summed E-state index contributed by atoms with van der Waals surface area (Å²) in [5.41, 5.74) is 5.42. The van der Waals surface area contributed by atoms with E-state index in [2.05, 4.69) is 32.5 Å². The largest absolute Gasteiger partial charge is 0.444 e. The van der Waals surface area contributed by atoms with E-state index in [0.29, 0.717) is 27.9 Å². The number of benzene rings is 4. The molecule has 3 aliphatic heterocycles. The monoisotopic (exact) mass is 654 g/mol. The van der Waals surface area contributed by atoms with Crippen molar-refractivity contribution >= 4 is 67.2 Å². The van der Waals surface area contributed by atoms with Crippen LogP contribution in [0, 0.1) is 0 Å². The van der Waals surface area contributed by atoms with Crippen molar-refractivity contribution in [1.82, 2.24) is 15.5 Å². The molecule has 0 saturated carbocycles. The molecule has 1 fully saturated rings. The molecule has 0 bridgehead atoms. The minimum Gasteiger partial charge on any atom is -0.444 e. The molecule has 1 aromatic heterocycles. The van der Waals surface area contributed by atoms with E-state index in [1.54, 1.807) is 0 Å². The Morgan fingerprint density at radius 3 is 2.69 bits per heavy atom. The maximum atomic E-state index is 13.1. The van der Waals surface area contributed by atoms with Crippen molar-refractivity contribution in [3.63, 3.8) is 0 Å². The molecule has 1 spiro atoms. The van der Waals surface area contributed by atoms with Crippen LogP contribution in [0.15, 0.2) is 110 Å². The van der Waals surface area contributed by atoms with Crippen LogP contribution < -0.4 is 10.1 Å². The molecule has 1 N–H and O–H groups in total. The summed E-state index contributed by atoms with van der Waals surface area (Å²) in [5.74, 6) is 0.0773. The molecule has 4 aromatic carbocycles. The van der Waals surface area contributed by atoms with Gasteiger partial charge in [-0.25, -0.2) is 5.01 Å². The van der Waals surface area contributed by atoms with Gasteiger partial charge >= 0.3 is 5.85 Å². The van der Waals surface area contributed by atoms with Crippen molar-refractivity contribution in [1.29, 1.82) is 0 Å². The third kappa shape index (κ3) is 4.14. The summed E-state index contributed by atoms with van der Waals surface area (Å²) in [6.07, 6.45) is 2.61. The van der Waals surface area contributed by atoms with Gasteiger partial charge in [-0.2, -0.15) is 5.10 Å². The summed E-state index contributed by atoms with van der Waals surface area (Å²) >= 11 is 10.9. The van der Waals surface area contributed by atoms with Crippen molar-refractivity contribution in [2.45, 2.75) is 18.3 Å². The Balaban J connectivity index is 1.26. The highest BCUT2D eigenvalue weighted by molar-refractivity contribution is 9.10. The fourth-order valence-electron chi connectivity index (χ4n) is 5.70. The van der Waals surface area contributed by atoms with Gasteiger partial charge in [0.25, 0.3) is 5.24 Å². The first-order valence-electron chi connectivity index (χ1n) is 13.3. The smallest absolute Gasteiger partial charge is 0.314 e. The van der Waals surface area contributed by atoms with Gasteiger partial charge < -0.3 is 9.26 Å². The summed E-state index contributed by atoms with van der Waals surface area (Å²) in [6.45, 7) is 0. The number of nitrogens with zero attached hydrogens (tertiary/aromatic N) is 3. The third-order valence-electron chi connectivity index (χ3n) is 7.64. The zero-order chi connectivity index (χ0) is 28.4. The maximum Gasteiger partial charge on any atom is 0.314 e. The van der Waals surface area contributed by atoms with Crippen LogP contribution in [0.1, 0.15) is 29.2 Å². The molecule has 10 heteroatoms. The van der Waals surface area contributed by atoms with Gasteiger partial charge in [0, 0.05) is 27.0 Å². The Morgan fingerprint density at radius 2 is 1.86 bits per heavy atom. The second kappa shape index (κ2) is 9.76. The van der Waals surface area contributed by atoms with Crippen molar-refractivity contribution in [2.75, 3.05) is 0 Å². The molecule has 2 unspecified atom stereocenters. The van der Waals surface area contributed by atoms with Crippen LogP contribution in [-0.2, 0) is 0 Å². The van der Waals surface area contributed by atoms with Gasteiger partial charge in [-0.05, 0) is 71.4 Å². The highest BCUT2D eigenvalue weighted by atomic mass is 79.9. The predicted molar refractivity (Wildman–Crippen MR) is 168 cm³/mol. The van der Waals surface area contributed by atoms with Gasteiger partial charge in [0.15, 0.2) is 5.76 Å². The number of carbonyl (C=O) groups excluding carboxylic acids is 1. The first-order chi connectivity index (χ1) is 20.5. The lowest BCUT2D eigenvalue weighted by molar-refractivity contribution is -0.0949. The highest BCUT2D eigenvalue weighted by Gasteiger charge is 2.58. The van der Waals surface area contributed by atoms with Crippen molar-refractivity contribution in [3.05, 3.63) is 122 Å². The number of rotatable bonds is 3. The van der Waals surface area contributed by atoms with Gasteiger partial charge in [-0.1, -0.05) is 81.2 Å². The average molecular weight is 656 g/mol. The van der Waals surface area contributed by atoms with Crippen molar-refractivity contribution in [2.24, 2.45) is 5.10 Å². The van der Waals surface area contributed by atoms with Crippen LogP contribution in [-0.4, -0.2) is 27.0 Å². The molecule has 5 aromatic rings. The van der Waals surface area contributed by atoms with Gasteiger partial charge in [-0.3, -0.25) is 10.1 Å². The third-order valence-corrected chi connectivity index (χ3v) is 9.29. The number of hydrazone groups is 1. The average Bonchev–Trinajstić information content (AvgIpc) is 3.71. The Kier molecular flexibility index (Phi) is 5.96. The summed E-state index contributed by atoms with van der Waals surface area (Å²) < 4.78 is 13.4. The van der Waals surface area contributed by atoms with E-state index in [-0.39, 0.29) is 11.3 Å². The lowest BCUT2D eigenvalue weighted by atomic mass is 9.95. The number of amides is 1. The Morgan fingerprint density at radius 1 is 1.02 bits per heavy atom. The normalized spacial score (nSPS) is 21.8. The molecular formula is C32H20BrClN4O3S. The minimum atomic E-state index is -1.31. The minimum absolute atomic E-state index is 0.162. The molecule has 7 nitrogen and oxygen atoms in total. The SMILES string of the molecule is O=C1NC2(Oc3ccc(Br)cc3C3CC(c4ccc(Cl)cc4)=NN32)C(=Cc2ccc3noc(-c4ccccc4)c3c2)S1. The van der Waals surface area contributed by atoms with E-state index in [1.807, 2.05) is 96.0 Å². The topological polar surface area (TPSA) is 80.0 Å². The van der Waals surface area contributed by atoms with E-state index in [9.17, 15) is 4.79 Å². The lowest BCUT2D eigenvalue weighted by Crippen LogP contribution is -2.61. The number of nitrogens with one attached hydrogen (secondary N) is 1. The Bertz CT molecular complexity index is 1960. The number of carbonyl (C=O) groups is 1. The van der Waals surface area contributed by atoms with Gasteiger partial charge in [0.05, 0.1) is 22.0 Å². The summed E-state index contributed by atoms with van der Waals surface area (Å²) in [6, 6.07) is 29.2. The molecule has 2 atom stereocenters. The fraction of sp³-hybridized carbons (Fsp3) is 0.0938. The van der Waals surface area contributed by atoms with Crippen LogP contribution in [0.4, 0.5) is 4.79 Å². The van der Waals surface area contributed by atoms with Crippen LogP contribution >= 0.6 is 39.3 Å². The van der Waals surface area contributed by atoms with E-state index in [0.717, 1.165) is 55.1 Å². The quantitative estimate of drug-likeness (QED) is 0.210. The van der Waals surface area contributed by atoms with Gasteiger partial charge in [0.1, 0.15) is 11.3 Å². The first-order valence-corrected chi connectivity index (χ1v) is 15.2. The second-order valence-corrected chi connectivity index (χ2v) is 12.6. The molecular weight excluding hydrogens is 636 g/mol. The predicted octanol–water partition coefficient (Wildman–Crippen LogP) is 8.61. The molecule has 42 heavy (non-hydrogen) atoms. The van der Waals surface area contributed by atoms with E-state index >= 15 is 0 Å². The number of halogens is 2. The number of fused-ring (bicyclic) bond motifs is 5. The zero-order valence-corrected chi connectivity index (χ0v) is 24.9. The molecule has 0 radical (unpaired) electrons. The second-order valence-electron chi connectivity index (χ2n) is 10.2. The molecule has 0 aliphatic carbocycles. The Labute approximate surface area is 258 Å². The number of aromatic nitrogens is 1. The lowest BCUT2D eigenvalue weighted by Gasteiger charge is -2.45. The fourth-order valence-corrected chi connectivity index (χ4v) is 7.12. The number of thioether (sulfide) groups is 1. The van der Waals surface area contributed by atoms with Crippen molar-refractivity contribution < 1.29 is 14.1 Å². The van der Waals surface area contributed by atoms with E-state index in [1.165, 1.54) is 0 Å². The highest BCUT2D eigenvalue weighted by Crippen LogP contribution is 2.53. The Hall–Kier alpha value is -4.05. The summed E-state index contributed by atoms with van der Waals surface area (Å²) in [5, 5.41) is 15.6. The zero-order valence-electron chi connectivity index (χ0n) is 21.8. The molecule has 3 aliphatic rings. The number of ether oxygens (including phenoxy) is 1. The standard InChI is InChI=1S/C32H20BrClN4O3S/c33-21-9-13-28-24(16-21)27-17-26(19-7-10-22(34)11-8-19)36-38(27)32(40-28)29(42-31(39)35-32)15-18-6-12-25-23(14-18)30(41-37-25)20-4-2-1-3-5-20/h1-16,27H,17H2,(H,35,39). The molecule has 1 saturated heterocycles. The van der Waals surface area contributed by atoms with Gasteiger partial charge in [-0.15, -0.1) is 0 Å². The first kappa shape index (κ1) is 25.6. The molecule has 4 heterocycles. The number of hydrogen-bond donors (Lipinski definition) is 1.